The van der Waals surface area contributed by atoms with Crippen molar-refractivity contribution in [1.82, 2.24) is 20.3 Å². The van der Waals surface area contributed by atoms with Crippen LogP contribution in [0.4, 0.5) is 24.7 Å². The van der Waals surface area contributed by atoms with Gasteiger partial charge in [0.25, 0.3) is 0 Å². The molecule has 2 aromatic rings. The molecule has 0 saturated carbocycles. The Kier molecular flexibility index (Phi) is 3.69. The van der Waals surface area contributed by atoms with E-state index in [1.54, 1.807) is 7.05 Å². The number of hydrogen-bond acceptors (Lipinski definition) is 5. The smallest absolute Gasteiger partial charge is 0.327 e. The first-order valence-electron chi connectivity index (χ1n) is 6.77. The molecule has 0 fully saturated rings. The number of halogens is 3. The molecule has 3 rings (SSSR count). The summed E-state index contributed by atoms with van der Waals surface area (Å²) >= 11 is 0. The van der Waals surface area contributed by atoms with Gasteiger partial charge in [-0.3, -0.25) is 4.98 Å². The van der Waals surface area contributed by atoms with E-state index in [2.05, 4.69) is 20.3 Å². The molecule has 0 aromatic carbocycles. The van der Waals surface area contributed by atoms with Crippen molar-refractivity contribution in [2.45, 2.75) is 19.1 Å². The highest BCUT2D eigenvalue weighted by atomic mass is 19.4. The summed E-state index contributed by atoms with van der Waals surface area (Å²) in [6, 6.07) is 0.973. The minimum Gasteiger partial charge on any atom is -0.327 e. The Balaban J connectivity index is 2.08. The topological polar surface area (TPSA) is 53.9 Å². The molecule has 8 heteroatoms. The van der Waals surface area contributed by atoms with Gasteiger partial charge in [0.1, 0.15) is 12.1 Å². The van der Waals surface area contributed by atoms with Crippen LogP contribution >= 0.6 is 0 Å². The van der Waals surface area contributed by atoms with Crippen LogP contribution in [0.2, 0.25) is 0 Å². The zero-order chi connectivity index (χ0) is 15.7. The molecule has 0 saturated heterocycles. The zero-order valence-electron chi connectivity index (χ0n) is 11.9. The minimum atomic E-state index is -4.44. The first-order valence-corrected chi connectivity index (χ1v) is 6.77. The van der Waals surface area contributed by atoms with Gasteiger partial charge in [-0.1, -0.05) is 0 Å². The molecule has 3 heterocycles. The van der Waals surface area contributed by atoms with E-state index in [1.165, 1.54) is 17.4 Å². The van der Waals surface area contributed by atoms with Gasteiger partial charge >= 0.3 is 6.18 Å². The molecule has 1 N–H and O–H groups in total. The van der Waals surface area contributed by atoms with E-state index in [9.17, 15) is 13.2 Å². The van der Waals surface area contributed by atoms with Gasteiger partial charge in [0.05, 0.1) is 23.1 Å². The number of anilines is 2. The third-order valence-electron chi connectivity index (χ3n) is 3.64. The molecule has 5 nitrogen and oxygen atoms in total. The first kappa shape index (κ1) is 14.7. The Hall–Kier alpha value is -2.22. The Morgan fingerprint density at radius 1 is 1.27 bits per heavy atom. The number of pyridine rings is 1. The number of fused-ring (bicyclic) bond motifs is 1. The highest BCUT2D eigenvalue weighted by Crippen LogP contribution is 2.38. The summed E-state index contributed by atoms with van der Waals surface area (Å²) in [5, 5.41) is 3.18. The molecule has 116 valence electrons. The number of nitrogens with zero attached hydrogens (tertiary/aromatic N) is 4. The van der Waals surface area contributed by atoms with Gasteiger partial charge in [-0.25, -0.2) is 9.97 Å². The standard InChI is InChI=1S/C14H14F3N5/c1-22(12-7-19-5-3-10(12)14(15,16)17)13-9-2-4-18-6-11(9)20-8-21-13/h3,5,7-8,18H,2,4,6H2,1H3. The number of rotatable bonds is 2. The van der Waals surface area contributed by atoms with Crippen LogP contribution in [0.1, 0.15) is 16.8 Å². The average molecular weight is 309 g/mol. The maximum absolute atomic E-state index is 13.2. The lowest BCUT2D eigenvalue weighted by molar-refractivity contribution is -0.137. The Labute approximate surface area is 125 Å². The zero-order valence-corrected chi connectivity index (χ0v) is 11.9. The number of hydrogen-bond donors (Lipinski definition) is 1. The molecule has 0 spiro atoms. The molecular formula is C14H14F3N5. The van der Waals surface area contributed by atoms with Gasteiger partial charge in [-0.15, -0.1) is 0 Å². The summed E-state index contributed by atoms with van der Waals surface area (Å²) in [4.78, 5) is 13.6. The summed E-state index contributed by atoms with van der Waals surface area (Å²) < 4.78 is 39.5. The number of aromatic nitrogens is 3. The molecule has 0 aliphatic carbocycles. The summed E-state index contributed by atoms with van der Waals surface area (Å²) in [6.45, 7) is 1.35. The van der Waals surface area contributed by atoms with Gasteiger partial charge in [-0.2, -0.15) is 13.2 Å². The maximum atomic E-state index is 13.2. The summed E-state index contributed by atoms with van der Waals surface area (Å²) in [6.07, 6.45) is -0.0438. The van der Waals surface area contributed by atoms with Gasteiger partial charge in [-0.05, 0) is 19.0 Å². The second-order valence-corrected chi connectivity index (χ2v) is 5.00. The van der Waals surface area contributed by atoms with Crippen LogP contribution in [0.15, 0.2) is 24.8 Å². The third kappa shape index (κ3) is 2.61. The van der Waals surface area contributed by atoms with E-state index in [0.717, 1.165) is 30.1 Å². The molecule has 1 aliphatic heterocycles. The minimum absolute atomic E-state index is 0.0190. The molecule has 0 unspecified atom stereocenters. The molecule has 1 aliphatic rings. The van der Waals surface area contributed by atoms with Crippen molar-refractivity contribution in [3.8, 4) is 0 Å². The Morgan fingerprint density at radius 3 is 2.86 bits per heavy atom. The fourth-order valence-corrected chi connectivity index (χ4v) is 2.56. The van der Waals surface area contributed by atoms with E-state index < -0.39 is 11.7 Å². The van der Waals surface area contributed by atoms with E-state index in [0.29, 0.717) is 18.8 Å². The van der Waals surface area contributed by atoms with Crippen molar-refractivity contribution in [2.75, 3.05) is 18.5 Å². The third-order valence-corrected chi connectivity index (χ3v) is 3.64. The lowest BCUT2D eigenvalue weighted by Crippen LogP contribution is -2.28. The van der Waals surface area contributed by atoms with Crippen LogP contribution in [-0.4, -0.2) is 28.5 Å². The van der Waals surface area contributed by atoms with Crippen LogP contribution in [-0.2, 0) is 19.1 Å². The van der Waals surface area contributed by atoms with Crippen molar-refractivity contribution in [2.24, 2.45) is 0 Å². The monoisotopic (exact) mass is 309 g/mol. The van der Waals surface area contributed by atoms with Crippen molar-refractivity contribution in [1.29, 1.82) is 0 Å². The lowest BCUT2D eigenvalue weighted by atomic mass is 10.1. The SMILES string of the molecule is CN(c1cnccc1C(F)(F)F)c1ncnc2c1CCNC2. The van der Waals surface area contributed by atoms with Crippen LogP contribution < -0.4 is 10.2 Å². The van der Waals surface area contributed by atoms with Crippen LogP contribution in [0, 0.1) is 0 Å². The van der Waals surface area contributed by atoms with E-state index >= 15 is 0 Å². The van der Waals surface area contributed by atoms with Gasteiger partial charge in [0.15, 0.2) is 0 Å². The van der Waals surface area contributed by atoms with E-state index in [1.807, 2.05) is 0 Å². The summed E-state index contributed by atoms with van der Waals surface area (Å²) in [5.41, 5.74) is 0.946. The van der Waals surface area contributed by atoms with Crippen molar-refractivity contribution in [3.63, 3.8) is 0 Å². The molecule has 2 aromatic heterocycles. The van der Waals surface area contributed by atoms with Crippen LogP contribution in [0.3, 0.4) is 0 Å². The Bertz CT molecular complexity index is 686. The maximum Gasteiger partial charge on any atom is 0.418 e. The van der Waals surface area contributed by atoms with Crippen LogP contribution in [0.5, 0.6) is 0 Å². The first-order chi connectivity index (χ1) is 10.5. The van der Waals surface area contributed by atoms with Gasteiger partial charge in [0.2, 0.25) is 0 Å². The Morgan fingerprint density at radius 2 is 2.09 bits per heavy atom. The van der Waals surface area contributed by atoms with E-state index in [-0.39, 0.29) is 5.69 Å². The normalized spacial score (nSPS) is 14.5. The summed E-state index contributed by atoms with van der Waals surface area (Å²) in [5.74, 6) is 0.491. The van der Waals surface area contributed by atoms with Gasteiger partial charge in [0, 0.05) is 25.4 Å². The van der Waals surface area contributed by atoms with Crippen molar-refractivity contribution >= 4 is 11.5 Å². The lowest BCUT2D eigenvalue weighted by Gasteiger charge is -2.26. The largest absolute Gasteiger partial charge is 0.418 e. The van der Waals surface area contributed by atoms with Crippen molar-refractivity contribution in [3.05, 3.63) is 41.6 Å². The fourth-order valence-electron chi connectivity index (χ4n) is 2.56. The highest BCUT2D eigenvalue weighted by molar-refractivity contribution is 5.65. The second-order valence-electron chi connectivity index (χ2n) is 5.00. The molecule has 22 heavy (non-hydrogen) atoms. The average Bonchev–Trinajstić information content (AvgIpc) is 2.53. The predicted molar refractivity (Wildman–Crippen MR) is 74.7 cm³/mol. The number of nitrogens with one attached hydrogen (secondary N) is 1. The van der Waals surface area contributed by atoms with Crippen molar-refractivity contribution < 1.29 is 13.2 Å². The van der Waals surface area contributed by atoms with Crippen LogP contribution in [0.25, 0.3) is 0 Å². The molecule has 0 amide bonds. The molecular weight excluding hydrogens is 295 g/mol. The quantitative estimate of drug-likeness (QED) is 0.922. The van der Waals surface area contributed by atoms with E-state index in [4.69, 9.17) is 0 Å². The molecule has 0 radical (unpaired) electrons. The number of alkyl halides is 3. The molecule has 0 atom stereocenters. The predicted octanol–water partition coefficient (Wildman–Crippen LogP) is 2.30. The molecule has 0 bridgehead atoms. The second kappa shape index (κ2) is 5.53. The highest BCUT2D eigenvalue weighted by Gasteiger charge is 2.35. The fraction of sp³-hybridized carbons (Fsp3) is 0.357. The summed E-state index contributed by atoms with van der Waals surface area (Å²) in [7, 11) is 1.57. The van der Waals surface area contributed by atoms with Gasteiger partial charge < -0.3 is 10.2 Å².